The zero-order valence-corrected chi connectivity index (χ0v) is 17.2. The molecule has 3 rings (SSSR count). The van der Waals surface area contributed by atoms with Gasteiger partial charge in [-0.15, -0.1) is 0 Å². The van der Waals surface area contributed by atoms with Gasteiger partial charge in [0.25, 0.3) is 5.91 Å². The van der Waals surface area contributed by atoms with E-state index in [2.05, 4.69) is 50.4 Å². The minimum Gasteiger partial charge on any atom is -0.477 e. The van der Waals surface area contributed by atoms with Crippen LogP contribution < -0.4 is 20.7 Å². The molecule has 6 nitrogen and oxygen atoms in total. The Morgan fingerprint density at radius 2 is 1.86 bits per heavy atom. The summed E-state index contributed by atoms with van der Waals surface area (Å²) in [5, 5.41) is 3.40. The summed E-state index contributed by atoms with van der Waals surface area (Å²) in [4.78, 5) is 26.3. The Morgan fingerprint density at radius 1 is 1.17 bits per heavy atom. The van der Waals surface area contributed by atoms with E-state index in [0.717, 1.165) is 12.0 Å². The summed E-state index contributed by atoms with van der Waals surface area (Å²) in [6, 6.07) is 15.7. The quantitative estimate of drug-likeness (QED) is 0.755. The average molecular weight is 396 g/mol. The number of amides is 2. The number of aryl methyl sites for hydroxylation is 1. The van der Waals surface area contributed by atoms with Gasteiger partial charge >= 0.3 is 0 Å². The van der Waals surface area contributed by atoms with E-state index in [1.807, 2.05) is 12.1 Å². The van der Waals surface area contributed by atoms with E-state index in [1.165, 1.54) is 5.56 Å². The Hall–Kier alpha value is -2.86. The van der Waals surface area contributed by atoms with E-state index in [0.29, 0.717) is 17.4 Å². The van der Waals surface area contributed by atoms with E-state index in [9.17, 15) is 9.59 Å². The average Bonchev–Trinajstić information content (AvgIpc) is 2.73. The third-order valence-electron chi connectivity index (χ3n) is 5.28. The minimum atomic E-state index is -0.851. The van der Waals surface area contributed by atoms with Crippen LogP contribution in [0.2, 0.25) is 0 Å². The molecule has 3 N–H and O–H groups in total. The molecule has 0 bridgehead atoms. The highest BCUT2D eigenvalue weighted by molar-refractivity contribution is 5.98. The number of rotatable bonds is 7. The molecule has 0 fully saturated rings. The topological polar surface area (TPSA) is 84.7 Å². The van der Waals surface area contributed by atoms with Gasteiger partial charge in [0.2, 0.25) is 5.91 Å². The predicted octanol–water partition coefficient (Wildman–Crippen LogP) is 2.82. The largest absolute Gasteiger partial charge is 0.477 e. The highest BCUT2D eigenvalue weighted by Gasteiger charge is 2.32. The molecule has 1 aliphatic rings. The fourth-order valence-electron chi connectivity index (χ4n) is 3.61. The number of nitrogens with two attached hydrogens (primary N) is 1. The summed E-state index contributed by atoms with van der Waals surface area (Å²) < 4.78 is 5.64. The van der Waals surface area contributed by atoms with Gasteiger partial charge in [0.05, 0.1) is 18.8 Å². The first-order chi connectivity index (χ1) is 13.9. The van der Waals surface area contributed by atoms with Gasteiger partial charge in [-0.2, -0.15) is 0 Å². The van der Waals surface area contributed by atoms with Crippen molar-refractivity contribution in [2.24, 2.45) is 11.7 Å². The van der Waals surface area contributed by atoms with E-state index < -0.39 is 12.0 Å². The van der Waals surface area contributed by atoms with Crippen LogP contribution in [0.3, 0.4) is 0 Å². The van der Waals surface area contributed by atoms with Crippen LogP contribution in [0, 0.1) is 5.92 Å². The van der Waals surface area contributed by atoms with E-state index in [1.54, 1.807) is 17.0 Å². The van der Waals surface area contributed by atoms with Crippen molar-refractivity contribution in [3.63, 3.8) is 0 Å². The molecule has 6 heteroatoms. The fourth-order valence-corrected chi connectivity index (χ4v) is 3.61. The SMILES string of the molecule is CCc1ccc([C@@H](NCC(=O)N2C[C@@H](C(N)=O)Oc3ccccc32)C(C)C)cc1. The van der Waals surface area contributed by atoms with Gasteiger partial charge in [0.15, 0.2) is 6.10 Å². The molecular formula is C23H29N3O3. The number of hydrogen-bond acceptors (Lipinski definition) is 4. The zero-order chi connectivity index (χ0) is 21.0. The van der Waals surface area contributed by atoms with Gasteiger partial charge in [0.1, 0.15) is 5.75 Å². The minimum absolute atomic E-state index is 0.0491. The van der Waals surface area contributed by atoms with Gasteiger partial charge in [0, 0.05) is 6.04 Å². The van der Waals surface area contributed by atoms with Gasteiger partial charge in [-0.05, 0) is 35.6 Å². The number of para-hydroxylation sites is 2. The van der Waals surface area contributed by atoms with E-state index in [4.69, 9.17) is 10.5 Å². The second-order valence-corrected chi connectivity index (χ2v) is 7.68. The van der Waals surface area contributed by atoms with Gasteiger partial charge < -0.3 is 20.7 Å². The first-order valence-electron chi connectivity index (χ1n) is 10.1. The van der Waals surface area contributed by atoms with Gasteiger partial charge in [-0.3, -0.25) is 9.59 Å². The van der Waals surface area contributed by atoms with Crippen LogP contribution in [0.5, 0.6) is 5.75 Å². The molecule has 29 heavy (non-hydrogen) atoms. The summed E-state index contributed by atoms with van der Waals surface area (Å²) in [6.45, 7) is 6.65. The first kappa shape index (κ1) is 20.9. The fraction of sp³-hybridized carbons (Fsp3) is 0.391. The number of fused-ring (bicyclic) bond motifs is 1. The highest BCUT2D eigenvalue weighted by Crippen LogP contribution is 2.33. The molecule has 2 aromatic rings. The Morgan fingerprint density at radius 3 is 2.48 bits per heavy atom. The number of nitrogens with one attached hydrogen (secondary N) is 1. The number of benzene rings is 2. The molecule has 0 unspecified atom stereocenters. The number of ether oxygens (including phenoxy) is 1. The third kappa shape index (κ3) is 4.77. The lowest BCUT2D eigenvalue weighted by atomic mass is 9.95. The van der Waals surface area contributed by atoms with E-state index in [-0.39, 0.29) is 25.0 Å². The first-order valence-corrected chi connectivity index (χ1v) is 10.1. The molecule has 2 atom stereocenters. The number of carbonyl (C=O) groups excluding carboxylic acids is 2. The molecule has 2 aromatic carbocycles. The maximum atomic E-state index is 13.0. The summed E-state index contributed by atoms with van der Waals surface area (Å²) in [6.07, 6.45) is 0.145. The molecule has 0 radical (unpaired) electrons. The summed E-state index contributed by atoms with van der Waals surface area (Å²) in [5.74, 6) is 0.0984. The van der Waals surface area contributed by atoms with Gasteiger partial charge in [-0.1, -0.05) is 57.2 Å². The summed E-state index contributed by atoms with van der Waals surface area (Å²) in [5.41, 5.74) is 8.53. The van der Waals surface area contributed by atoms with Crippen molar-refractivity contribution in [2.75, 3.05) is 18.0 Å². The molecule has 1 aliphatic heterocycles. The molecule has 0 aromatic heterocycles. The lowest BCUT2D eigenvalue weighted by Gasteiger charge is -2.34. The second-order valence-electron chi connectivity index (χ2n) is 7.68. The zero-order valence-electron chi connectivity index (χ0n) is 17.2. The molecule has 2 amide bonds. The predicted molar refractivity (Wildman–Crippen MR) is 114 cm³/mol. The lowest BCUT2D eigenvalue weighted by Crippen LogP contribution is -2.51. The Kier molecular flexibility index (Phi) is 6.54. The van der Waals surface area contributed by atoms with Crippen LogP contribution in [0.1, 0.15) is 37.9 Å². The van der Waals surface area contributed by atoms with Gasteiger partial charge in [-0.25, -0.2) is 0 Å². The maximum absolute atomic E-state index is 13.0. The number of primary amides is 1. The van der Waals surface area contributed by atoms with Crippen LogP contribution >= 0.6 is 0 Å². The highest BCUT2D eigenvalue weighted by atomic mass is 16.5. The number of nitrogens with zero attached hydrogens (tertiary/aromatic N) is 1. The lowest BCUT2D eigenvalue weighted by molar-refractivity contribution is -0.125. The molecule has 154 valence electrons. The maximum Gasteiger partial charge on any atom is 0.260 e. The number of carbonyl (C=O) groups is 2. The van der Waals surface area contributed by atoms with Crippen LogP contribution in [-0.4, -0.2) is 31.0 Å². The monoisotopic (exact) mass is 395 g/mol. The smallest absolute Gasteiger partial charge is 0.260 e. The summed E-state index contributed by atoms with van der Waals surface area (Å²) in [7, 11) is 0. The summed E-state index contributed by atoms with van der Waals surface area (Å²) >= 11 is 0. The van der Waals surface area contributed by atoms with Crippen molar-refractivity contribution in [1.82, 2.24) is 5.32 Å². The molecule has 1 heterocycles. The van der Waals surface area contributed by atoms with Crippen LogP contribution in [-0.2, 0) is 16.0 Å². The molecule has 0 saturated heterocycles. The van der Waals surface area contributed by atoms with E-state index >= 15 is 0 Å². The molecule has 0 aliphatic carbocycles. The third-order valence-corrected chi connectivity index (χ3v) is 5.28. The molecular weight excluding hydrogens is 366 g/mol. The number of hydrogen-bond donors (Lipinski definition) is 2. The number of anilines is 1. The van der Waals surface area contributed by atoms with Crippen molar-refractivity contribution in [1.29, 1.82) is 0 Å². The van der Waals surface area contributed by atoms with Crippen molar-refractivity contribution >= 4 is 17.5 Å². The van der Waals surface area contributed by atoms with Crippen LogP contribution in [0.4, 0.5) is 5.69 Å². The standard InChI is InChI=1S/C23H29N3O3/c1-4-16-9-11-17(12-10-16)22(15(2)3)25-13-21(27)26-14-20(23(24)28)29-19-8-6-5-7-18(19)26/h5-12,15,20,22,25H,4,13-14H2,1-3H3,(H2,24,28)/t20-,22-/m0/s1. The van der Waals surface area contributed by atoms with Crippen LogP contribution in [0.25, 0.3) is 0 Å². The Labute approximate surface area is 172 Å². The van der Waals surface area contributed by atoms with Crippen molar-refractivity contribution in [3.8, 4) is 5.75 Å². The molecule has 0 spiro atoms. The van der Waals surface area contributed by atoms with Crippen molar-refractivity contribution in [3.05, 3.63) is 59.7 Å². The molecule has 0 saturated carbocycles. The Bertz CT molecular complexity index is 864. The Balaban J connectivity index is 1.74. The normalized spacial score (nSPS) is 16.8. The van der Waals surface area contributed by atoms with Crippen LogP contribution in [0.15, 0.2) is 48.5 Å². The van der Waals surface area contributed by atoms with Crippen molar-refractivity contribution < 1.29 is 14.3 Å². The second kappa shape index (κ2) is 9.09. The van der Waals surface area contributed by atoms with Crippen molar-refractivity contribution in [2.45, 2.75) is 39.3 Å².